The van der Waals surface area contributed by atoms with Crippen molar-refractivity contribution in [2.75, 3.05) is 11.4 Å². The minimum Gasteiger partial charge on any atom is -0.350 e. The van der Waals surface area contributed by atoms with Crippen LogP contribution < -0.4 is 4.90 Å². The third-order valence-corrected chi connectivity index (χ3v) is 3.55. The Kier molecular flexibility index (Phi) is 3.15. The lowest BCUT2D eigenvalue weighted by Crippen LogP contribution is -2.23. The van der Waals surface area contributed by atoms with Gasteiger partial charge in [0.05, 0.1) is 11.1 Å². The zero-order chi connectivity index (χ0) is 12.4. The highest BCUT2D eigenvalue weighted by Gasteiger charge is 2.26. The molecule has 1 fully saturated rings. The minimum absolute atomic E-state index is 0.382. The third kappa shape index (κ3) is 2.18. The van der Waals surface area contributed by atoms with Crippen molar-refractivity contribution >= 4 is 17.4 Å². The van der Waals surface area contributed by atoms with Crippen molar-refractivity contribution in [2.45, 2.75) is 18.9 Å². The number of hydrogen-bond donors (Lipinski definition) is 0. The summed E-state index contributed by atoms with van der Waals surface area (Å²) in [7, 11) is 0. The summed E-state index contributed by atoms with van der Waals surface area (Å²) in [5.41, 5.74) is 1.26. The number of halogens is 1. The predicted octanol–water partition coefficient (Wildman–Crippen LogP) is 3.47. The molecule has 0 aliphatic carbocycles. The van der Waals surface area contributed by atoms with Gasteiger partial charge in [-0.1, -0.05) is 17.7 Å². The number of pyridine rings is 2. The van der Waals surface area contributed by atoms with E-state index >= 15 is 0 Å². The second kappa shape index (κ2) is 4.94. The van der Waals surface area contributed by atoms with E-state index in [4.69, 9.17) is 11.6 Å². The summed E-state index contributed by atoms with van der Waals surface area (Å²) >= 11 is 5.88. The first-order chi connectivity index (χ1) is 8.84. The van der Waals surface area contributed by atoms with Crippen LogP contribution in [0, 0.1) is 0 Å². The molecule has 3 rings (SSSR count). The highest BCUT2D eigenvalue weighted by atomic mass is 35.5. The quantitative estimate of drug-likeness (QED) is 0.827. The van der Waals surface area contributed by atoms with Crippen molar-refractivity contribution in [3.05, 3.63) is 53.4 Å². The molecule has 2 aromatic rings. The van der Waals surface area contributed by atoms with E-state index in [1.807, 2.05) is 30.6 Å². The number of rotatable bonds is 2. The van der Waals surface area contributed by atoms with Crippen molar-refractivity contribution in [1.29, 1.82) is 0 Å². The van der Waals surface area contributed by atoms with E-state index < -0.39 is 0 Å². The van der Waals surface area contributed by atoms with Crippen LogP contribution in [0.15, 0.2) is 42.9 Å². The lowest BCUT2D eigenvalue weighted by Gasteiger charge is -2.25. The smallest absolute Gasteiger partial charge is 0.129 e. The molecule has 0 saturated carbocycles. The average molecular weight is 260 g/mol. The third-order valence-electron chi connectivity index (χ3n) is 3.33. The number of anilines is 1. The lowest BCUT2D eigenvalue weighted by atomic mass is 10.1. The van der Waals surface area contributed by atoms with Gasteiger partial charge in [0, 0.05) is 25.1 Å². The fourth-order valence-electron chi connectivity index (χ4n) is 2.50. The number of hydrogen-bond acceptors (Lipinski definition) is 3. The Balaban J connectivity index is 1.90. The normalized spacial score (nSPS) is 19.2. The number of nitrogens with zero attached hydrogens (tertiary/aromatic N) is 3. The molecule has 92 valence electrons. The topological polar surface area (TPSA) is 29.0 Å². The number of aromatic nitrogens is 2. The van der Waals surface area contributed by atoms with Gasteiger partial charge in [0.2, 0.25) is 0 Å². The highest BCUT2D eigenvalue weighted by molar-refractivity contribution is 6.30. The summed E-state index contributed by atoms with van der Waals surface area (Å²) in [5, 5.41) is 0.677. The summed E-state index contributed by atoms with van der Waals surface area (Å²) < 4.78 is 0. The van der Waals surface area contributed by atoms with Crippen LogP contribution in [0.5, 0.6) is 0 Å². The molecule has 1 saturated heterocycles. The molecular formula is C14H14ClN3. The first-order valence-corrected chi connectivity index (χ1v) is 6.50. The van der Waals surface area contributed by atoms with Crippen molar-refractivity contribution in [3.8, 4) is 0 Å². The Bertz CT molecular complexity index is 512. The summed E-state index contributed by atoms with van der Waals surface area (Å²) in [6, 6.07) is 8.37. The molecule has 3 heterocycles. The van der Waals surface area contributed by atoms with Crippen LogP contribution in [0.2, 0.25) is 5.02 Å². The Morgan fingerprint density at radius 3 is 2.89 bits per heavy atom. The molecule has 1 aliphatic heterocycles. The molecule has 3 nitrogen and oxygen atoms in total. The van der Waals surface area contributed by atoms with Crippen LogP contribution in [-0.2, 0) is 0 Å². The van der Waals surface area contributed by atoms with Gasteiger partial charge < -0.3 is 4.90 Å². The molecule has 4 heteroatoms. The molecular weight excluding hydrogens is 246 g/mol. The van der Waals surface area contributed by atoms with E-state index in [9.17, 15) is 0 Å². The van der Waals surface area contributed by atoms with Gasteiger partial charge in [-0.15, -0.1) is 0 Å². The fourth-order valence-corrected chi connectivity index (χ4v) is 2.61. The second-order valence-corrected chi connectivity index (χ2v) is 4.91. The van der Waals surface area contributed by atoms with Crippen molar-refractivity contribution in [2.24, 2.45) is 0 Å². The highest BCUT2D eigenvalue weighted by Crippen LogP contribution is 2.34. The van der Waals surface area contributed by atoms with Crippen LogP contribution in [0.25, 0.3) is 0 Å². The maximum Gasteiger partial charge on any atom is 0.129 e. The van der Waals surface area contributed by atoms with Crippen molar-refractivity contribution in [1.82, 2.24) is 9.97 Å². The van der Waals surface area contributed by atoms with E-state index in [0.717, 1.165) is 18.8 Å². The molecule has 0 radical (unpaired) electrons. The van der Waals surface area contributed by atoms with Crippen LogP contribution in [-0.4, -0.2) is 16.5 Å². The average Bonchev–Trinajstić information content (AvgIpc) is 2.90. The molecule has 1 aliphatic rings. The molecule has 2 aromatic heterocycles. The fraction of sp³-hybridized carbons (Fsp3) is 0.286. The molecule has 0 spiro atoms. The van der Waals surface area contributed by atoms with Gasteiger partial charge in [0.1, 0.15) is 5.82 Å². The van der Waals surface area contributed by atoms with E-state index in [1.165, 1.54) is 12.0 Å². The Morgan fingerprint density at radius 2 is 2.17 bits per heavy atom. The maximum absolute atomic E-state index is 5.88. The van der Waals surface area contributed by atoms with E-state index in [-0.39, 0.29) is 0 Å². The zero-order valence-corrected chi connectivity index (χ0v) is 10.7. The van der Waals surface area contributed by atoms with Crippen molar-refractivity contribution < 1.29 is 0 Å². The Hall–Kier alpha value is -1.61. The first kappa shape index (κ1) is 11.5. The minimum atomic E-state index is 0.382. The zero-order valence-electron chi connectivity index (χ0n) is 9.96. The molecule has 0 N–H and O–H groups in total. The van der Waals surface area contributed by atoms with Gasteiger partial charge >= 0.3 is 0 Å². The molecule has 0 aromatic carbocycles. The summed E-state index contributed by atoms with van der Waals surface area (Å²) in [5.74, 6) is 0.991. The van der Waals surface area contributed by atoms with Gasteiger partial charge in [0.25, 0.3) is 0 Å². The molecule has 0 amide bonds. The van der Waals surface area contributed by atoms with Crippen LogP contribution >= 0.6 is 11.6 Å². The van der Waals surface area contributed by atoms with Gasteiger partial charge in [0.15, 0.2) is 0 Å². The van der Waals surface area contributed by atoms with E-state index in [2.05, 4.69) is 20.9 Å². The predicted molar refractivity (Wildman–Crippen MR) is 72.8 cm³/mol. The van der Waals surface area contributed by atoms with E-state index in [1.54, 1.807) is 6.20 Å². The lowest BCUT2D eigenvalue weighted by molar-refractivity contribution is 0.708. The molecule has 1 unspecified atom stereocenters. The summed E-state index contributed by atoms with van der Waals surface area (Å²) in [6.07, 6.45) is 7.79. The SMILES string of the molecule is Clc1ccc(N2CCCC2c2cccnc2)nc1. The van der Waals surface area contributed by atoms with Gasteiger partial charge in [-0.25, -0.2) is 4.98 Å². The van der Waals surface area contributed by atoms with Gasteiger partial charge in [-0.05, 0) is 36.6 Å². The maximum atomic E-state index is 5.88. The van der Waals surface area contributed by atoms with Crippen molar-refractivity contribution in [3.63, 3.8) is 0 Å². The standard InChI is InChI=1S/C14H14ClN3/c15-12-5-6-14(17-10-12)18-8-2-4-13(18)11-3-1-7-16-9-11/h1,3,5-7,9-10,13H,2,4,8H2. The molecule has 0 bridgehead atoms. The van der Waals surface area contributed by atoms with Gasteiger partial charge in [-0.3, -0.25) is 4.98 Å². The van der Waals surface area contributed by atoms with Crippen LogP contribution in [0.1, 0.15) is 24.4 Å². The molecule has 1 atom stereocenters. The second-order valence-electron chi connectivity index (χ2n) is 4.47. The summed E-state index contributed by atoms with van der Waals surface area (Å²) in [4.78, 5) is 10.9. The van der Waals surface area contributed by atoms with Crippen LogP contribution in [0.4, 0.5) is 5.82 Å². The molecule has 18 heavy (non-hydrogen) atoms. The monoisotopic (exact) mass is 259 g/mol. The van der Waals surface area contributed by atoms with E-state index in [0.29, 0.717) is 11.1 Å². The Morgan fingerprint density at radius 1 is 1.22 bits per heavy atom. The Labute approximate surface area is 111 Å². The largest absolute Gasteiger partial charge is 0.350 e. The van der Waals surface area contributed by atoms with Crippen LogP contribution in [0.3, 0.4) is 0 Å². The summed E-state index contributed by atoms with van der Waals surface area (Å²) in [6.45, 7) is 1.04. The first-order valence-electron chi connectivity index (χ1n) is 6.13. The van der Waals surface area contributed by atoms with Gasteiger partial charge in [-0.2, -0.15) is 0 Å².